The van der Waals surface area contributed by atoms with Gasteiger partial charge >= 0.3 is 0 Å². The van der Waals surface area contributed by atoms with Crippen molar-refractivity contribution in [2.75, 3.05) is 33.7 Å². The lowest BCUT2D eigenvalue weighted by Crippen LogP contribution is -2.46. The minimum Gasteiger partial charge on any atom is -0.359 e. The van der Waals surface area contributed by atoms with Crippen LogP contribution in [0.15, 0.2) is 29.3 Å². The summed E-state index contributed by atoms with van der Waals surface area (Å²) in [5.41, 5.74) is 1.25. The number of hydrogen-bond donors (Lipinski definition) is 2. The molecular weight excluding hydrogens is 485 g/mol. The summed E-state index contributed by atoms with van der Waals surface area (Å²) in [6.45, 7) is 2.69. The average Bonchev–Trinajstić information content (AvgIpc) is 2.71. The van der Waals surface area contributed by atoms with E-state index in [0.29, 0.717) is 12.3 Å². The quantitative estimate of drug-likeness (QED) is 0.138. The molecule has 1 aromatic rings. The van der Waals surface area contributed by atoms with Crippen LogP contribution in [0.2, 0.25) is 0 Å². The van der Waals surface area contributed by atoms with E-state index in [1.165, 1.54) is 0 Å². The van der Waals surface area contributed by atoms with E-state index in [1.54, 1.807) is 26.2 Å². The molecule has 2 rings (SSSR count). The van der Waals surface area contributed by atoms with Crippen LogP contribution in [0.1, 0.15) is 37.7 Å². The maximum absolute atomic E-state index is 11.5. The molecule has 9 heteroatoms. The topological polar surface area (TPSA) is 99.9 Å². The maximum Gasteiger partial charge on any atom is 0.269 e. The summed E-state index contributed by atoms with van der Waals surface area (Å²) in [7, 11) is 3.49. The van der Waals surface area contributed by atoms with E-state index < -0.39 is 0 Å². The van der Waals surface area contributed by atoms with E-state index >= 15 is 0 Å². The van der Waals surface area contributed by atoms with Crippen molar-refractivity contribution in [2.24, 2.45) is 10.9 Å². The van der Waals surface area contributed by atoms with Crippen LogP contribution in [0, 0.1) is 16.0 Å². The fourth-order valence-electron chi connectivity index (χ4n) is 3.48. The number of carbonyl (C=O) groups is 1. The van der Waals surface area contributed by atoms with Crippen LogP contribution in [-0.4, -0.2) is 55.4 Å². The van der Waals surface area contributed by atoms with Gasteiger partial charge in [0.05, 0.1) is 4.92 Å². The van der Waals surface area contributed by atoms with E-state index in [4.69, 9.17) is 0 Å². The molecule has 0 bridgehead atoms. The number of nitro benzene ring substituents is 1. The first-order valence-electron chi connectivity index (χ1n) is 9.93. The number of nitro groups is 1. The number of nitrogens with one attached hydrogen (secondary N) is 2. The molecule has 0 aliphatic carbocycles. The summed E-state index contributed by atoms with van der Waals surface area (Å²) in [6.07, 6.45) is 5.55. The second-order valence-electron chi connectivity index (χ2n) is 7.16. The van der Waals surface area contributed by atoms with Gasteiger partial charge in [-0.1, -0.05) is 12.1 Å². The number of carbonyl (C=O) groups excluding carboxylic acids is 1. The molecule has 0 saturated carbocycles. The Morgan fingerprint density at radius 2 is 1.90 bits per heavy atom. The van der Waals surface area contributed by atoms with Crippen molar-refractivity contribution in [1.82, 2.24) is 15.5 Å². The smallest absolute Gasteiger partial charge is 0.269 e. The molecule has 2 N–H and O–H groups in total. The summed E-state index contributed by atoms with van der Waals surface area (Å²) in [4.78, 5) is 28.5. The highest BCUT2D eigenvalue weighted by Crippen LogP contribution is 2.20. The number of non-ortho nitro benzene ring substituents is 1. The number of likely N-dealkylation sites (tertiary alicyclic amines) is 1. The van der Waals surface area contributed by atoms with Crippen molar-refractivity contribution in [2.45, 2.75) is 38.5 Å². The lowest BCUT2D eigenvalue weighted by molar-refractivity contribution is -0.384. The molecule has 1 saturated heterocycles. The normalized spacial score (nSPS) is 14.8. The lowest BCUT2D eigenvalue weighted by atomic mass is 9.93. The molecule has 1 aromatic carbocycles. The Labute approximate surface area is 189 Å². The van der Waals surface area contributed by atoms with Crippen molar-refractivity contribution in [3.63, 3.8) is 0 Å². The van der Waals surface area contributed by atoms with Gasteiger partial charge in [0.15, 0.2) is 5.96 Å². The van der Waals surface area contributed by atoms with Gasteiger partial charge in [0.2, 0.25) is 5.91 Å². The van der Waals surface area contributed by atoms with Gasteiger partial charge in [-0.3, -0.25) is 19.9 Å². The summed E-state index contributed by atoms with van der Waals surface area (Å²) in [5, 5.41) is 16.8. The predicted octanol–water partition coefficient (Wildman–Crippen LogP) is 2.96. The summed E-state index contributed by atoms with van der Waals surface area (Å²) < 4.78 is 0. The molecular formula is C20H32IN5O3. The Morgan fingerprint density at radius 1 is 1.24 bits per heavy atom. The van der Waals surface area contributed by atoms with Crippen molar-refractivity contribution < 1.29 is 9.72 Å². The summed E-state index contributed by atoms with van der Waals surface area (Å²) in [5.74, 6) is 1.50. The van der Waals surface area contributed by atoms with Crippen LogP contribution in [0.5, 0.6) is 0 Å². The first-order chi connectivity index (χ1) is 13.5. The number of aryl methyl sites for hydroxylation is 1. The molecule has 0 atom stereocenters. The minimum absolute atomic E-state index is 0. The molecule has 0 unspecified atom stereocenters. The highest BCUT2D eigenvalue weighted by Gasteiger charge is 2.22. The van der Waals surface area contributed by atoms with Gasteiger partial charge in [0.1, 0.15) is 0 Å². The second-order valence-corrected chi connectivity index (χ2v) is 7.16. The highest BCUT2D eigenvalue weighted by atomic mass is 127. The number of halogens is 1. The van der Waals surface area contributed by atoms with Crippen molar-refractivity contribution >= 4 is 41.5 Å². The third kappa shape index (κ3) is 8.55. The van der Waals surface area contributed by atoms with Crippen molar-refractivity contribution in [1.29, 1.82) is 0 Å². The van der Waals surface area contributed by atoms with Crippen LogP contribution >= 0.6 is 24.0 Å². The van der Waals surface area contributed by atoms with Gasteiger partial charge in [-0.05, 0) is 43.6 Å². The number of aliphatic imine (C=N–C) groups is 1. The van der Waals surface area contributed by atoms with Crippen LogP contribution in [0.3, 0.4) is 0 Å². The Morgan fingerprint density at radius 3 is 2.45 bits per heavy atom. The number of hydrogen-bond acceptors (Lipinski definition) is 4. The fraction of sp³-hybridized carbons (Fsp3) is 0.600. The van der Waals surface area contributed by atoms with E-state index in [0.717, 1.165) is 63.3 Å². The van der Waals surface area contributed by atoms with Gasteiger partial charge in [-0.25, -0.2) is 0 Å². The van der Waals surface area contributed by atoms with Crippen molar-refractivity contribution in [3.8, 4) is 0 Å². The van der Waals surface area contributed by atoms with E-state index in [1.807, 2.05) is 12.1 Å². The SMILES string of the molecule is CN=C(NCCCCc1ccc([N+](=O)[O-])cc1)N1CCC(CC(=O)NC)CC1.I. The van der Waals surface area contributed by atoms with Crippen LogP contribution in [0.25, 0.3) is 0 Å². The van der Waals surface area contributed by atoms with E-state index in [9.17, 15) is 14.9 Å². The third-order valence-corrected chi connectivity index (χ3v) is 5.20. The van der Waals surface area contributed by atoms with Gasteiger partial charge in [-0.15, -0.1) is 24.0 Å². The number of guanidine groups is 1. The Hall–Kier alpha value is -1.91. The molecule has 0 aromatic heterocycles. The summed E-state index contributed by atoms with van der Waals surface area (Å²) in [6, 6.07) is 6.77. The first kappa shape index (κ1) is 25.1. The Kier molecular flexibility index (Phi) is 11.6. The Bertz CT molecular complexity index is 673. The maximum atomic E-state index is 11.5. The number of unbranched alkanes of at least 4 members (excludes halogenated alkanes) is 1. The van der Waals surface area contributed by atoms with Gasteiger partial charge in [-0.2, -0.15) is 0 Å². The molecule has 1 aliphatic rings. The van der Waals surface area contributed by atoms with E-state index in [-0.39, 0.29) is 40.5 Å². The second kappa shape index (κ2) is 13.3. The molecule has 0 spiro atoms. The zero-order chi connectivity index (χ0) is 20.4. The Balaban J connectivity index is 0.00000420. The molecule has 1 fully saturated rings. The zero-order valence-corrected chi connectivity index (χ0v) is 19.6. The molecule has 1 heterocycles. The molecule has 8 nitrogen and oxygen atoms in total. The minimum atomic E-state index is -0.374. The number of nitrogens with zero attached hydrogens (tertiary/aromatic N) is 3. The predicted molar refractivity (Wildman–Crippen MR) is 126 cm³/mol. The molecule has 1 aliphatic heterocycles. The third-order valence-electron chi connectivity index (χ3n) is 5.20. The molecule has 162 valence electrons. The number of piperidine rings is 1. The lowest BCUT2D eigenvalue weighted by Gasteiger charge is -2.34. The largest absolute Gasteiger partial charge is 0.359 e. The molecule has 1 amide bonds. The number of benzene rings is 1. The first-order valence-corrected chi connectivity index (χ1v) is 9.93. The number of rotatable bonds is 8. The monoisotopic (exact) mass is 517 g/mol. The number of amides is 1. The summed E-state index contributed by atoms with van der Waals surface area (Å²) >= 11 is 0. The van der Waals surface area contributed by atoms with E-state index in [2.05, 4.69) is 20.5 Å². The fourth-order valence-corrected chi connectivity index (χ4v) is 3.48. The molecule has 0 radical (unpaired) electrons. The van der Waals surface area contributed by atoms with Gasteiger partial charge in [0.25, 0.3) is 5.69 Å². The van der Waals surface area contributed by atoms with Crippen LogP contribution in [0.4, 0.5) is 5.69 Å². The highest BCUT2D eigenvalue weighted by molar-refractivity contribution is 14.0. The van der Waals surface area contributed by atoms with Crippen LogP contribution < -0.4 is 10.6 Å². The zero-order valence-electron chi connectivity index (χ0n) is 17.2. The van der Waals surface area contributed by atoms with Gasteiger partial charge in [0, 0.05) is 52.3 Å². The average molecular weight is 517 g/mol. The van der Waals surface area contributed by atoms with Crippen molar-refractivity contribution in [3.05, 3.63) is 39.9 Å². The standard InChI is InChI=1S/C20H31N5O3.HI/c1-21-19(26)15-17-10-13-24(14-11-17)20(22-2)23-12-4-3-5-16-6-8-18(9-7-16)25(27)28;/h6-9,17H,3-5,10-15H2,1-2H3,(H,21,26)(H,22,23);1H. The molecule has 29 heavy (non-hydrogen) atoms. The van der Waals surface area contributed by atoms with Crippen LogP contribution in [-0.2, 0) is 11.2 Å². The van der Waals surface area contributed by atoms with Gasteiger partial charge < -0.3 is 15.5 Å².